The molecule has 0 saturated carbocycles. The molecule has 0 radical (unpaired) electrons. The largest absolute Gasteiger partial charge is 0.344 e. The Bertz CT molecular complexity index is 1510. The first-order valence-electron chi connectivity index (χ1n) is 11.6. The molecule has 0 spiro atoms. The Hall–Kier alpha value is -5.04. The molecule has 1 aliphatic heterocycles. The van der Waals surface area contributed by atoms with E-state index in [0.29, 0.717) is 17.5 Å². The lowest BCUT2D eigenvalue weighted by atomic mass is 10.1. The molecule has 7 nitrogen and oxygen atoms in total. The summed E-state index contributed by atoms with van der Waals surface area (Å²) in [6, 6.07) is 29.8. The second kappa shape index (κ2) is 9.68. The molecule has 2 aromatic heterocycles. The number of benzene rings is 3. The maximum atomic E-state index is 4.93. The van der Waals surface area contributed by atoms with Crippen molar-refractivity contribution in [2.75, 3.05) is 0 Å². The van der Waals surface area contributed by atoms with Crippen molar-refractivity contribution < 1.29 is 0 Å². The van der Waals surface area contributed by atoms with Crippen molar-refractivity contribution in [3.8, 4) is 22.8 Å². The Kier molecular flexibility index (Phi) is 5.78. The molecule has 0 bridgehead atoms. The molecule has 5 aromatic rings. The van der Waals surface area contributed by atoms with Crippen molar-refractivity contribution in [1.29, 1.82) is 0 Å². The van der Waals surface area contributed by atoms with Crippen molar-refractivity contribution >= 4 is 11.7 Å². The zero-order chi connectivity index (χ0) is 24.2. The van der Waals surface area contributed by atoms with Gasteiger partial charge in [-0.15, -0.1) is 0 Å². The molecular weight excluding hydrogens is 446 g/mol. The highest BCUT2D eigenvalue weighted by Crippen LogP contribution is 2.24. The van der Waals surface area contributed by atoms with Crippen LogP contribution in [-0.2, 0) is 0 Å². The zero-order valence-corrected chi connectivity index (χ0v) is 19.2. The number of hydrogen-bond acceptors (Lipinski definition) is 7. The summed E-state index contributed by atoms with van der Waals surface area (Å²) in [4.78, 5) is 27.2. The van der Waals surface area contributed by atoms with Crippen LogP contribution in [0.25, 0.3) is 22.8 Å². The summed E-state index contributed by atoms with van der Waals surface area (Å²) in [5.41, 5.74) is 4.84. The zero-order valence-electron chi connectivity index (χ0n) is 19.2. The third-order valence-electron chi connectivity index (χ3n) is 5.81. The molecule has 0 aliphatic carbocycles. The van der Waals surface area contributed by atoms with Gasteiger partial charge < -0.3 is 5.32 Å². The number of nitrogens with one attached hydrogen (secondary N) is 1. The van der Waals surface area contributed by atoms with Gasteiger partial charge in [-0.3, -0.25) is 0 Å². The maximum absolute atomic E-state index is 4.93. The highest BCUT2D eigenvalue weighted by molar-refractivity contribution is 6.13. The second-order valence-electron chi connectivity index (χ2n) is 8.17. The van der Waals surface area contributed by atoms with Crippen LogP contribution in [0.1, 0.15) is 22.9 Å². The standard InChI is InChI=1S/C29H21N7/c1-2-6-20(7-3-1)27-34-28(23-12-8-21(9-13-23)25-30-16-4-17-31-25)36-29(35-27)24-14-10-22(11-15-24)26-32-18-5-19-33-26/h1-19,28H,(H,34,35,36). The van der Waals surface area contributed by atoms with Crippen LogP contribution in [0.3, 0.4) is 0 Å². The highest BCUT2D eigenvalue weighted by atomic mass is 15.2. The second-order valence-corrected chi connectivity index (χ2v) is 8.17. The Balaban J connectivity index is 1.34. The summed E-state index contributed by atoms with van der Waals surface area (Å²) in [5.74, 6) is 2.82. The van der Waals surface area contributed by atoms with Gasteiger partial charge >= 0.3 is 0 Å². The number of amidine groups is 2. The minimum absolute atomic E-state index is 0.296. The lowest BCUT2D eigenvalue weighted by molar-refractivity contribution is 0.674. The Morgan fingerprint density at radius 1 is 0.500 bits per heavy atom. The normalized spacial score (nSPS) is 14.9. The van der Waals surface area contributed by atoms with Crippen LogP contribution in [-0.4, -0.2) is 31.6 Å². The topological polar surface area (TPSA) is 88.3 Å². The van der Waals surface area contributed by atoms with Gasteiger partial charge in [0.15, 0.2) is 17.5 Å². The maximum Gasteiger partial charge on any atom is 0.159 e. The lowest BCUT2D eigenvalue weighted by Gasteiger charge is -2.24. The summed E-state index contributed by atoms with van der Waals surface area (Å²) in [6.45, 7) is 0. The Morgan fingerprint density at radius 3 is 1.61 bits per heavy atom. The van der Waals surface area contributed by atoms with E-state index in [0.717, 1.165) is 33.7 Å². The lowest BCUT2D eigenvalue weighted by Crippen LogP contribution is -2.33. The van der Waals surface area contributed by atoms with Gasteiger partial charge in [-0.05, 0) is 17.7 Å². The first-order chi connectivity index (χ1) is 17.8. The fourth-order valence-corrected chi connectivity index (χ4v) is 3.97. The molecule has 0 fully saturated rings. The third-order valence-corrected chi connectivity index (χ3v) is 5.81. The number of aliphatic imine (C=N–C) groups is 2. The molecule has 3 aromatic carbocycles. The molecule has 7 heteroatoms. The third kappa shape index (κ3) is 4.50. The molecular formula is C29H21N7. The number of rotatable bonds is 5. The van der Waals surface area contributed by atoms with Crippen molar-refractivity contribution in [1.82, 2.24) is 25.3 Å². The van der Waals surface area contributed by atoms with Gasteiger partial charge in [-0.25, -0.2) is 29.9 Å². The molecule has 36 heavy (non-hydrogen) atoms. The van der Waals surface area contributed by atoms with Crippen LogP contribution >= 0.6 is 0 Å². The van der Waals surface area contributed by atoms with E-state index in [-0.39, 0.29) is 6.17 Å². The molecule has 172 valence electrons. The Morgan fingerprint density at radius 2 is 1.03 bits per heavy atom. The van der Waals surface area contributed by atoms with Crippen molar-refractivity contribution in [2.24, 2.45) is 9.98 Å². The van der Waals surface area contributed by atoms with Gasteiger partial charge in [-0.1, -0.05) is 78.9 Å². The van der Waals surface area contributed by atoms with Gasteiger partial charge in [0, 0.05) is 47.0 Å². The fourth-order valence-electron chi connectivity index (χ4n) is 3.97. The predicted octanol–water partition coefficient (Wildman–Crippen LogP) is 5.10. The van der Waals surface area contributed by atoms with E-state index in [1.165, 1.54) is 0 Å². The quantitative estimate of drug-likeness (QED) is 0.389. The van der Waals surface area contributed by atoms with Crippen LogP contribution in [0.2, 0.25) is 0 Å². The first kappa shape index (κ1) is 21.5. The van der Waals surface area contributed by atoms with Crippen molar-refractivity contribution in [2.45, 2.75) is 6.17 Å². The SMILES string of the molecule is c1ccc(C2=NC(c3ccc(-c4ncccn4)cc3)NC(c3ccc(-c4ncccn4)cc3)=N2)cc1. The molecule has 0 amide bonds. The minimum atomic E-state index is -0.296. The molecule has 1 atom stereocenters. The average Bonchev–Trinajstić information content (AvgIpc) is 2.98. The van der Waals surface area contributed by atoms with Crippen LogP contribution in [0, 0.1) is 0 Å². The van der Waals surface area contributed by atoms with Crippen LogP contribution in [0.4, 0.5) is 0 Å². The van der Waals surface area contributed by atoms with Crippen LogP contribution in [0.5, 0.6) is 0 Å². The summed E-state index contributed by atoms with van der Waals surface area (Å²) in [5, 5.41) is 3.50. The Labute approximate surface area is 208 Å². The van der Waals surface area contributed by atoms with E-state index in [4.69, 9.17) is 9.98 Å². The average molecular weight is 468 g/mol. The summed E-state index contributed by atoms with van der Waals surface area (Å²) in [7, 11) is 0. The molecule has 0 saturated heterocycles. The van der Waals surface area contributed by atoms with E-state index in [1.807, 2.05) is 91.0 Å². The van der Waals surface area contributed by atoms with Crippen molar-refractivity contribution in [3.63, 3.8) is 0 Å². The van der Waals surface area contributed by atoms with Gasteiger partial charge in [0.05, 0.1) is 0 Å². The van der Waals surface area contributed by atoms with Gasteiger partial charge in [0.2, 0.25) is 0 Å². The summed E-state index contributed by atoms with van der Waals surface area (Å²) in [6.07, 6.45) is 6.67. The number of nitrogens with zero attached hydrogens (tertiary/aromatic N) is 6. The first-order valence-corrected chi connectivity index (χ1v) is 11.6. The van der Waals surface area contributed by atoms with Gasteiger partial charge in [-0.2, -0.15) is 0 Å². The van der Waals surface area contributed by atoms with Crippen LogP contribution < -0.4 is 5.32 Å². The monoisotopic (exact) mass is 467 g/mol. The van der Waals surface area contributed by atoms with E-state index in [9.17, 15) is 0 Å². The molecule has 1 N–H and O–H groups in total. The van der Waals surface area contributed by atoms with E-state index < -0.39 is 0 Å². The predicted molar refractivity (Wildman–Crippen MR) is 140 cm³/mol. The number of hydrogen-bond donors (Lipinski definition) is 1. The summed E-state index contributed by atoms with van der Waals surface area (Å²) >= 11 is 0. The highest BCUT2D eigenvalue weighted by Gasteiger charge is 2.21. The van der Waals surface area contributed by atoms with Gasteiger partial charge in [0.1, 0.15) is 12.0 Å². The van der Waals surface area contributed by atoms with E-state index in [1.54, 1.807) is 24.8 Å². The molecule has 3 heterocycles. The molecule has 1 aliphatic rings. The molecule has 6 rings (SSSR count). The van der Waals surface area contributed by atoms with Gasteiger partial charge in [0.25, 0.3) is 0 Å². The smallest absolute Gasteiger partial charge is 0.159 e. The fraction of sp³-hybridized carbons (Fsp3) is 0.0345. The summed E-state index contributed by atoms with van der Waals surface area (Å²) < 4.78 is 0. The molecule has 1 unspecified atom stereocenters. The number of aromatic nitrogens is 4. The van der Waals surface area contributed by atoms with E-state index in [2.05, 4.69) is 25.3 Å². The minimum Gasteiger partial charge on any atom is -0.344 e. The van der Waals surface area contributed by atoms with E-state index >= 15 is 0 Å². The van der Waals surface area contributed by atoms with Crippen molar-refractivity contribution in [3.05, 3.63) is 132 Å². The van der Waals surface area contributed by atoms with Crippen LogP contribution in [0.15, 0.2) is 126 Å².